The van der Waals surface area contributed by atoms with E-state index in [0.717, 1.165) is 16.9 Å². The Labute approximate surface area is 165 Å². The van der Waals surface area contributed by atoms with Gasteiger partial charge in [0.05, 0.1) is 27.4 Å². The molecule has 0 saturated heterocycles. The van der Waals surface area contributed by atoms with Gasteiger partial charge in [-0.2, -0.15) is 0 Å². The van der Waals surface area contributed by atoms with Crippen LogP contribution in [-0.4, -0.2) is 39.7 Å². The first kappa shape index (κ1) is 21.1. The molecule has 0 aliphatic carbocycles. The van der Waals surface area contributed by atoms with E-state index < -0.39 is 11.8 Å². The summed E-state index contributed by atoms with van der Waals surface area (Å²) in [6.07, 6.45) is 0.563. The van der Waals surface area contributed by atoms with Crippen LogP contribution < -0.4 is 24.8 Å². The molecule has 2 N–H and O–H groups in total. The molecule has 2 aromatic carbocycles. The molecule has 0 spiro atoms. The Kier molecular flexibility index (Phi) is 7.68. The molecule has 0 bridgehead atoms. The monoisotopic (exact) mass is 386 g/mol. The Balaban J connectivity index is 1.82. The second kappa shape index (κ2) is 10.2. The Morgan fingerprint density at radius 1 is 0.893 bits per heavy atom. The summed E-state index contributed by atoms with van der Waals surface area (Å²) in [5.74, 6) is 0.659. The summed E-state index contributed by atoms with van der Waals surface area (Å²) in [5.41, 5.74) is 1.84. The molecule has 0 aliphatic rings. The van der Waals surface area contributed by atoms with Crippen LogP contribution in [0.4, 0.5) is 0 Å². The van der Waals surface area contributed by atoms with Crippen molar-refractivity contribution in [1.29, 1.82) is 0 Å². The van der Waals surface area contributed by atoms with Crippen LogP contribution in [0.5, 0.6) is 17.2 Å². The highest BCUT2D eigenvalue weighted by Crippen LogP contribution is 2.27. The number of carbonyl (C=O) groups is 2. The second-order valence-corrected chi connectivity index (χ2v) is 6.16. The third-order valence-electron chi connectivity index (χ3n) is 4.32. The molecule has 7 nitrogen and oxygen atoms in total. The zero-order valence-electron chi connectivity index (χ0n) is 16.6. The maximum Gasteiger partial charge on any atom is 0.309 e. The van der Waals surface area contributed by atoms with Crippen molar-refractivity contribution in [2.45, 2.75) is 19.4 Å². The first-order chi connectivity index (χ1) is 13.5. The molecular formula is C21H26N2O5. The molecule has 2 rings (SSSR count). The van der Waals surface area contributed by atoms with E-state index >= 15 is 0 Å². The quantitative estimate of drug-likeness (QED) is 0.680. The normalized spacial score (nSPS) is 11.3. The fourth-order valence-electron chi connectivity index (χ4n) is 2.67. The molecule has 1 atom stereocenters. The number of rotatable bonds is 8. The molecule has 0 aliphatic heterocycles. The van der Waals surface area contributed by atoms with Crippen molar-refractivity contribution < 1.29 is 23.8 Å². The van der Waals surface area contributed by atoms with Crippen LogP contribution >= 0.6 is 0 Å². The van der Waals surface area contributed by atoms with Crippen LogP contribution in [0.1, 0.15) is 24.1 Å². The van der Waals surface area contributed by atoms with Gasteiger partial charge in [0, 0.05) is 6.54 Å². The van der Waals surface area contributed by atoms with E-state index in [2.05, 4.69) is 10.6 Å². The van der Waals surface area contributed by atoms with E-state index in [1.54, 1.807) is 39.5 Å². The number of hydrogen-bond donors (Lipinski definition) is 2. The largest absolute Gasteiger partial charge is 0.497 e. The molecule has 150 valence electrons. The minimum atomic E-state index is -0.671. The fraction of sp³-hybridized carbons (Fsp3) is 0.333. The summed E-state index contributed by atoms with van der Waals surface area (Å²) in [7, 11) is 4.73. The Morgan fingerprint density at radius 3 is 2.18 bits per heavy atom. The van der Waals surface area contributed by atoms with Crippen LogP contribution in [-0.2, 0) is 16.0 Å². The number of hydrogen-bond acceptors (Lipinski definition) is 5. The minimum absolute atomic E-state index is 0.296. The van der Waals surface area contributed by atoms with Gasteiger partial charge >= 0.3 is 11.8 Å². The lowest BCUT2D eigenvalue weighted by molar-refractivity contribution is -0.139. The van der Waals surface area contributed by atoms with E-state index in [9.17, 15) is 9.59 Å². The van der Waals surface area contributed by atoms with Crippen molar-refractivity contribution in [3.63, 3.8) is 0 Å². The summed E-state index contributed by atoms with van der Waals surface area (Å²) >= 11 is 0. The number of nitrogens with one attached hydrogen (secondary N) is 2. The number of carbonyl (C=O) groups excluding carboxylic acids is 2. The molecule has 7 heteroatoms. The SMILES string of the molecule is COc1ccc(C(C)NC(=O)C(=O)NCCc2ccc(OC)c(OC)c2)cc1. The minimum Gasteiger partial charge on any atom is -0.497 e. The topological polar surface area (TPSA) is 85.9 Å². The predicted octanol–water partition coefficient (Wildman–Crippen LogP) is 2.25. The highest BCUT2D eigenvalue weighted by molar-refractivity contribution is 6.35. The van der Waals surface area contributed by atoms with E-state index in [-0.39, 0.29) is 6.04 Å². The van der Waals surface area contributed by atoms with Crippen LogP contribution in [0, 0.1) is 0 Å². The van der Waals surface area contributed by atoms with E-state index in [1.807, 2.05) is 31.2 Å². The van der Waals surface area contributed by atoms with Crippen molar-refractivity contribution in [3.05, 3.63) is 53.6 Å². The predicted molar refractivity (Wildman–Crippen MR) is 106 cm³/mol. The summed E-state index contributed by atoms with van der Waals surface area (Å²) in [6, 6.07) is 12.5. The van der Waals surface area contributed by atoms with Crippen molar-refractivity contribution in [2.24, 2.45) is 0 Å². The zero-order chi connectivity index (χ0) is 20.5. The molecule has 0 aromatic heterocycles. The Bertz CT molecular complexity index is 805. The molecule has 28 heavy (non-hydrogen) atoms. The van der Waals surface area contributed by atoms with E-state index in [4.69, 9.17) is 14.2 Å². The van der Waals surface area contributed by atoms with Crippen molar-refractivity contribution in [1.82, 2.24) is 10.6 Å². The van der Waals surface area contributed by atoms with Gasteiger partial charge in [0.25, 0.3) is 0 Å². The van der Waals surface area contributed by atoms with Crippen molar-refractivity contribution >= 4 is 11.8 Å². The van der Waals surface area contributed by atoms with Gasteiger partial charge in [-0.25, -0.2) is 0 Å². The average molecular weight is 386 g/mol. The molecule has 0 saturated carbocycles. The van der Waals surface area contributed by atoms with Gasteiger partial charge in [-0.05, 0) is 48.7 Å². The van der Waals surface area contributed by atoms with E-state index in [1.165, 1.54) is 0 Å². The van der Waals surface area contributed by atoms with Gasteiger partial charge in [-0.3, -0.25) is 9.59 Å². The highest BCUT2D eigenvalue weighted by atomic mass is 16.5. The molecular weight excluding hydrogens is 360 g/mol. The first-order valence-electron chi connectivity index (χ1n) is 8.92. The molecule has 0 radical (unpaired) electrons. The maximum atomic E-state index is 12.1. The fourth-order valence-corrected chi connectivity index (χ4v) is 2.67. The van der Waals surface area contributed by atoms with Crippen molar-refractivity contribution in [3.8, 4) is 17.2 Å². The molecule has 2 aromatic rings. The summed E-state index contributed by atoms with van der Waals surface area (Å²) in [5, 5.41) is 5.32. The second-order valence-electron chi connectivity index (χ2n) is 6.16. The molecule has 0 heterocycles. The lowest BCUT2D eigenvalue weighted by Gasteiger charge is -2.14. The van der Waals surface area contributed by atoms with Crippen LogP contribution in [0.2, 0.25) is 0 Å². The summed E-state index contributed by atoms with van der Waals surface area (Å²) < 4.78 is 15.6. The highest BCUT2D eigenvalue weighted by Gasteiger charge is 2.16. The van der Waals surface area contributed by atoms with Gasteiger partial charge < -0.3 is 24.8 Å². The Hall–Kier alpha value is -3.22. The van der Waals surface area contributed by atoms with Gasteiger partial charge in [0.1, 0.15) is 5.75 Å². The molecule has 0 fully saturated rings. The van der Waals surface area contributed by atoms with Crippen LogP contribution in [0.15, 0.2) is 42.5 Å². The van der Waals surface area contributed by atoms with Gasteiger partial charge in [-0.1, -0.05) is 18.2 Å². The lowest BCUT2D eigenvalue weighted by Crippen LogP contribution is -2.41. The van der Waals surface area contributed by atoms with Crippen LogP contribution in [0.3, 0.4) is 0 Å². The zero-order valence-corrected chi connectivity index (χ0v) is 16.6. The summed E-state index contributed by atoms with van der Waals surface area (Å²) in [4.78, 5) is 24.1. The average Bonchev–Trinajstić information content (AvgIpc) is 2.73. The number of ether oxygens (including phenoxy) is 3. The van der Waals surface area contributed by atoms with Gasteiger partial charge in [-0.15, -0.1) is 0 Å². The maximum absolute atomic E-state index is 12.1. The van der Waals surface area contributed by atoms with Gasteiger partial charge in [0.15, 0.2) is 11.5 Å². The van der Waals surface area contributed by atoms with Crippen molar-refractivity contribution in [2.75, 3.05) is 27.9 Å². The standard InChI is InChI=1S/C21H26N2O5/c1-14(16-6-8-17(26-2)9-7-16)23-21(25)20(24)22-12-11-15-5-10-18(27-3)19(13-15)28-4/h5-10,13-14H,11-12H2,1-4H3,(H,22,24)(H,23,25). The van der Waals surface area contributed by atoms with Crippen LogP contribution in [0.25, 0.3) is 0 Å². The number of amides is 2. The summed E-state index contributed by atoms with van der Waals surface area (Å²) in [6.45, 7) is 2.15. The number of methoxy groups -OCH3 is 3. The Morgan fingerprint density at radius 2 is 1.57 bits per heavy atom. The smallest absolute Gasteiger partial charge is 0.309 e. The van der Waals surface area contributed by atoms with E-state index in [0.29, 0.717) is 24.5 Å². The molecule has 2 amide bonds. The number of benzene rings is 2. The lowest BCUT2D eigenvalue weighted by atomic mass is 10.1. The van der Waals surface area contributed by atoms with Gasteiger partial charge in [0.2, 0.25) is 0 Å². The first-order valence-corrected chi connectivity index (χ1v) is 8.92. The third kappa shape index (κ3) is 5.64. The molecule has 1 unspecified atom stereocenters. The third-order valence-corrected chi connectivity index (χ3v) is 4.32.